The Morgan fingerprint density at radius 3 is 2.48 bits per heavy atom. The highest BCUT2D eigenvalue weighted by atomic mass is 35.5. The van der Waals surface area contributed by atoms with E-state index in [1.54, 1.807) is 24.3 Å². The third kappa shape index (κ3) is 4.14. The standard InChI is InChI=1S/C21H19ClN2O5/c1-3-12(2)23-18(25)11-29-21(28)13-8-9-14-15(10-13)20(27)24(19(14)26)17-7-5-4-6-16(17)22/h4-10,12H,3,11H2,1-2H3,(H,23,25)/t12-/m1/s1. The highest BCUT2D eigenvalue weighted by Crippen LogP contribution is 2.33. The Morgan fingerprint density at radius 2 is 1.79 bits per heavy atom. The number of benzene rings is 2. The zero-order valence-corrected chi connectivity index (χ0v) is 16.7. The zero-order chi connectivity index (χ0) is 21.1. The molecule has 0 bridgehead atoms. The number of carbonyl (C=O) groups is 4. The monoisotopic (exact) mass is 414 g/mol. The molecule has 2 aromatic rings. The quantitative estimate of drug-likeness (QED) is 0.578. The zero-order valence-electron chi connectivity index (χ0n) is 15.9. The Labute approximate surface area is 172 Å². The lowest BCUT2D eigenvalue weighted by Gasteiger charge is -2.15. The highest BCUT2D eigenvalue weighted by molar-refractivity contribution is 6.39. The fourth-order valence-electron chi connectivity index (χ4n) is 2.85. The van der Waals surface area contributed by atoms with Gasteiger partial charge in [0, 0.05) is 6.04 Å². The number of ether oxygens (including phenoxy) is 1. The second kappa shape index (κ2) is 8.45. The number of carbonyl (C=O) groups excluding carboxylic acids is 4. The first-order chi connectivity index (χ1) is 13.8. The van der Waals surface area contributed by atoms with Crippen LogP contribution in [0, 0.1) is 0 Å². The lowest BCUT2D eigenvalue weighted by atomic mass is 10.1. The van der Waals surface area contributed by atoms with Gasteiger partial charge in [0.2, 0.25) is 0 Å². The Bertz CT molecular complexity index is 1000. The van der Waals surface area contributed by atoms with Crippen LogP contribution in [0.15, 0.2) is 42.5 Å². The lowest BCUT2D eigenvalue weighted by molar-refractivity contribution is -0.124. The molecule has 1 aliphatic heterocycles. The fraction of sp³-hybridized carbons (Fsp3) is 0.238. The predicted molar refractivity (Wildman–Crippen MR) is 107 cm³/mol. The minimum atomic E-state index is -0.761. The maximum absolute atomic E-state index is 12.8. The van der Waals surface area contributed by atoms with Crippen LogP contribution >= 0.6 is 11.6 Å². The minimum Gasteiger partial charge on any atom is -0.452 e. The number of fused-ring (bicyclic) bond motifs is 1. The molecular formula is C21H19ClN2O5. The van der Waals surface area contributed by atoms with Crippen molar-refractivity contribution in [3.8, 4) is 0 Å². The van der Waals surface area contributed by atoms with Crippen molar-refractivity contribution in [1.29, 1.82) is 0 Å². The third-order valence-corrected chi connectivity index (χ3v) is 4.89. The van der Waals surface area contributed by atoms with E-state index in [-0.39, 0.29) is 33.4 Å². The van der Waals surface area contributed by atoms with E-state index < -0.39 is 30.3 Å². The molecular weight excluding hydrogens is 396 g/mol. The Kier molecular flexibility index (Phi) is 5.98. The van der Waals surface area contributed by atoms with Crippen LogP contribution < -0.4 is 10.2 Å². The number of nitrogens with zero attached hydrogens (tertiary/aromatic N) is 1. The van der Waals surface area contributed by atoms with Crippen molar-refractivity contribution in [3.05, 3.63) is 64.2 Å². The van der Waals surface area contributed by atoms with Gasteiger partial charge in [-0.05, 0) is 43.7 Å². The van der Waals surface area contributed by atoms with E-state index in [0.717, 1.165) is 11.3 Å². The van der Waals surface area contributed by atoms with E-state index in [0.29, 0.717) is 0 Å². The predicted octanol–water partition coefficient (Wildman–Crippen LogP) is 3.21. The van der Waals surface area contributed by atoms with Crippen LogP contribution in [0.2, 0.25) is 5.02 Å². The number of esters is 1. The van der Waals surface area contributed by atoms with Crippen LogP contribution in [-0.2, 0) is 9.53 Å². The fourth-order valence-corrected chi connectivity index (χ4v) is 3.07. The lowest BCUT2D eigenvalue weighted by Crippen LogP contribution is -2.35. The molecule has 7 nitrogen and oxygen atoms in total. The van der Waals surface area contributed by atoms with E-state index in [4.69, 9.17) is 16.3 Å². The third-order valence-electron chi connectivity index (χ3n) is 4.57. The number of halogens is 1. The van der Waals surface area contributed by atoms with Gasteiger partial charge in [0.05, 0.1) is 27.4 Å². The molecule has 3 amide bonds. The first kappa shape index (κ1) is 20.5. The highest BCUT2D eigenvalue weighted by Gasteiger charge is 2.38. The summed E-state index contributed by atoms with van der Waals surface area (Å²) in [5.74, 6) is -2.28. The number of amides is 3. The molecule has 0 aromatic heterocycles. The summed E-state index contributed by atoms with van der Waals surface area (Å²) in [5.41, 5.74) is 0.586. The van der Waals surface area contributed by atoms with Gasteiger partial charge < -0.3 is 10.1 Å². The topological polar surface area (TPSA) is 92.8 Å². The molecule has 0 aliphatic carbocycles. The largest absolute Gasteiger partial charge is 0.452 e. The summed E-state index contributed by atoms with van der Waals surface area (Å²) in [6, 6.07) is 10.5. The first-order valence-corrected chi connectivity index (χ1v) is 9.45. The summed E-state index contributed by atoms with van der Waals surface area (Å²) >= 11 is 6.12. The van der Waals surface area contributed by atoms with Crippen LogP contribution in [-0.4, -0.2) is 36.3 Å². The second-order valence-electron chi connectivity index (χ2n) is 6.61. The van der Waals surface area contributed by atoms with Gasteiger partial charge >= 0.3 is 5.97 Å². The molecule has 1 atom stereocenters. The maximum atomic E-state index is 12.8. The number of imide groups is 1. The van der Waals surface area contributed by atoms with Gasteiger partial charge in [-0.15, -0.1) is 0 Å². The average molecular weight is 415 g/mol. The number of para-hydroxylation sites is 1. The molecule has 0 unspecified atom stereocenters. The van der Waals surface area contributed by atoms with Gasteiger partial charge in [-0.2, -0.15) is 0 Å². The van der Waals surface area contributed by atoms with Crippen molar-refractivity contribution in [2.75, 3.05) is 11.5 Å². The Morgan fingerprint density at radius 1 is 1.10 bits per heavy atom. The SMILES string of the molecule is CC[C@@H](C)NC(=O)COC(=O)c1ccc2c(c1)C(=O)N(c1ccccc1Cl)C2=O. The number of nitrogens with one attached hydrogen (secondary N) is 1. The van der Waals surface area contributed by atoms with E-state index >= 15 is 0 Å². The van der Waals surface area contributed by atoms with E-state index in [1.165, 1.54) is 18.2 Å². The molecule has 0 saturated carbocycles. The van der Waals surface area contributed by atoms with Crippen molar-refractivity contribution < 1.29 is 23.9 Å². The molecule has 8 heteroatoms. The van der Waals surface area contributed by atoms with Crippen molar-refractivity contribution >= 4 is 41.0 Å². The van der Waals surface area contributed by atoms with Crippen LogP contribution in [0.25, 0.3) is 0 Å². The van der Waals surface area contributed by atoms with Crippen molar-refractivity contribution in [1.82, 2.24) is 5.32 Å². The molecule has 3 rings (SSSR count). The Hall–Kier alpha value is -3.19. The summed E-state index contributed by atoms with van der Waals surface area (Å²) in [5, 5.41) is 2.94. The molecule has 0 saturated heterocycles. The number of rotatable bonds is 6. The molecule has 0 radical (unpaired) electrons. The van der Waals surface area contributed by atoms with Crippen LogP contribution in [0.3, 0.4) is 0 Å². The Balaban J connectivity index is 1.77. The van der Waals surface area contributed by atoms with Gasteiger partial charge in [0.1, 0.15) is 0 Å². The summed E-state index contributed by atoms with van der Waals surface area (Å²) in [4.78, 5) is 50.4. The minimum absolute atomic E-state index is 0.0272. The summed E-state index contributed by atoms with van der Waals surface area (Å²) in [6.45, 7) is 3.33. The molecule has 1 N–H and O–H groups in total. The average Bonchev–Trinajstić information content (AvgIpc) is 2.96. The van der Waals surface area contributed by atoms with E-state index in [1.807, 2.05) is 13.8 Å². The van der Waals surface area contributed by atoms with Crippen LogP contribution in [0.5, 0.6) is 0 Å². The molecule has 0 fully saturated rings. The smallest absolute Gasteiger partial charge is 0.338 e. The number of hydrogen-bond donors (Lipinski definition) is 1. The van der Waals surface area contributed by atoms with Gasteiger partial charge in [-0.1, -0.05) is 30.7 Å². The summed E-state index contributed by atoms with van der Waals surface area (Å²) < 4.78 is 5.01. The molecule has 1 heterocycles. The second-order valence-corrected chi connectivity index (χ2v) is 7.02. The van der Waals surface area contributed by atoms with E-state index in [2.05, 4.69) is 5.32 Å². The van der Waals surface area contributed by atoms with Gasteiger partial charge in [0.15, 0.2) is 6.61 Å². The normalized spacial score (nSPS) is 13.8. The molecule has 150 valence electrons. The molecule has 1 aliphatic rings. The van der Waals surface area contributed by atoms with Gasteiger partial charge in [-0.25, -0.2) is 9.69 Å². The number of hydrogen-bond acceptors (Lipinski definition) is 5. The summed E-state index contributed by atoms with van der Waals surface area (Å²) in [6.07, 6.45) is 0.753. The van der Waals surface area contributed by atoms with Crippen molar-refractivity contribution in [2.24, 2.45) is 0 Å². The van der Waals surface area contributed by atoms with Crippen LogP contribution in [0.1, 0.15) is 51.3 Å². The molecule has 29 heavy (non-hydrogen) atoms. The van der Waals surface area contributed by atoms with Gasteiger partial charge in [0.25, 0.3) is 17.7 Å². The van der Waals surface area contributed by atoms with Gasteiger partial charge in [-0.3, -0.25) is 14.4 Å². The van der Waals surface area contributed by atoms with Crippen molar-refractivity contribution in [3.63, 3.8) is 0 Å². The summed E-state index contributed by atoms with van der Waals surface area (Å²) in [7, 11) is 0. The molecule has 2 aromatic carbocycles. The molecule has 0 spiro atoms. The first-order valence-electron chi connectivity index (χ1n) is 9.07. The number of anilines is 1. The van der Waals surface area contributed by atoms with Crippen LogP contribution in [0.4, 0.5) is 5.69 Å². The van der Waals surface area contributed by atoms with Crippen molar-refractivity contribution in [2.45, 2.75) is 26.3 Å². The maximum Gasteiger partial charge on any atom is 0.338 e. The van der Waals surface area contributed by atoms with E-state index in [9.17, 15) is 19.2 Å².